The van der Waals surface area contributed by atoms with Crippen molar-refractivity contribution in [2.45, 2.75) is 123 Å². The lowest BCUT2D eigenvalue weighted by atomic mass is 9.95. The third-order valence-corrected chi connectivity index (χ3v) is 12.8. The highest BCUT2D eigenvalue weighted by Crippen LogP contribution is 2.42. The van der Waals surface area contributed by atoms with Crippen LogP contribution in [0.15, 0.2) is 91.0 Å². The highest BCUT2D eigenvalue weighted by atomic mass is 16.8. The zero-order valence-corrected chi connectivity index (χ0v) is 41.2. The van der Waals surface area contributed by atoms with Gasteiger partial charge in [0.05, 0.1) is 32.0 Å². The monoisotopic (exact) mass is 1100 g/mol. The predicted molar refractivity (Wildman–Crippen MR) is 255 cm³/mol. The average Bonchev–Trinajstić information content (AvgIpc) is 3.70. The molecule has 4 heterocycles. The first-order chi connectivity index (χ1) is 37.3. The molecular weight excluding hydrogens is 1040 g/mol. The van der Waals surface area contributed by atoms with E-state index in [9.17, 15) is 80.5 Å². The Morgan fingerprint density at radius 3 is 1.62 bits per heavy atom. The van der Waals surface area contributed by atoms with Gasteiger partial charge in [0, 0.05) is 19.1 Å². The number of phenols is 2. The molecule has 426 valence electrons. The van der Waals surface area contributed by atoms with Crippen molar-refractivity contribution >= 4 is 36.0 Å². The van der Waals surface area contributed by atoms with Crippen molar-refractivity contribution in [2.24, 2.45) is 0 Å². The second-order valence-corrected chi connectivity index (χ2v) is 18.2. The number of aromatic hydroxyl groups is 2. The van der Waals surface area contributed by atoms with Gasteiger partial charge in [-0.05, 0) is 59.7 Å². The van der Waals surface area contributed by atoms with Crippen molar-refractivity contribution in [3.05, 3.63) is 108 Å². The van der Waals surface area contributed by atoms with E-state index in [2.05, 4.69) is 0 Å². The van der Waals surface area contributed by atoms with E-state index in [-0.39, 0.29) is 17.1 Å². The van der Waals surface area contributed by atoms with Gasteiger partial charge in [0.25, 0.3) is 0 Å². The van der Waals surface area contributed by atoms with Crippen LogP contribution < -0.4 is 0 Å². The molecule has 0 radical (unpaired) electrons. The summed E-state index contributed by atoms with van der Waals surface area (Å²) >= 11 is 0. The molecule has 0 amide bonds. The Hall–Kier alpha value is -6.06. The summed E-state index contributed by atoms with van der Waals surface area (Å²) in [5.74, 6) is -7.59. The van der Waals surface area contributed by atoms with Gasteiger partial charge in [-0.1, -0.05) is 42.5 Å². The molecule has 27 nitrogen and oxygen atoms in total. The number of carbonyl (C=O) groups excluding carboxylic acids is 4. The minimum absolute atomic E-state index is 0.0798. The van der Waals surface area contributed by atoms with E-state index in [4.69, 9.17) is 52.1 Å². The minimum atomic E-state index is -2.88. The SMILES string of the molecule is CC(=O)OC1C(O)C(CO)OC(OC2C(OC(=O)C=Cc3ccc(O)cc3)C(CO)OC(OC3(COC(=O)C=Cc4ccc(O)cc4)OC(CO)C(O)C3OC(=O)c3ccccc3)C2OC2OC(CO)C(O)C(O)C2O)C1O. The number of aliphatic hydroxyl groups excluding tert-OH is 10. The maximum atomic E-state index is 13.9. The van der Waals surface area contributed by atoms with Gasteiger partial charge < -0.3 is 113 Å². The second-order valence-electron chi connectivity index (χ2n) is 18.2. The number of rotatable bonds is 20. The zero-order chi connectivity index (χ0) is 56.4. The standard InChI is InChI=1S/C51H60O27/c1-24(56)69-43-37(62)31(20-53)71-49(41(43)66)74-44-42(73-35(60)18-12-26-9-15-29(58)16-10-26)33(22-55)72-50(45(44)75-48-40(65)39(64)36(61)30(19-52)70-48)78-51(23-68-34(59)17-11-25-7-13-28(57)14-8-25)46(38(63)32(21-54)77-51)76-47(67)27-5-3-2-4-6-27/h2-18,30-33,36-46,48-50,52-55,57-58,61-66H,19-23H2,1H3. The number of esters is 4. The van der Waals surface area contributed by atoms with Gasteiger partial charge in [0.2, 0.25) is 5.79 Å². The molecule has 3 aromatic rings. The van der Waals surface area contributed by atoms with Crippen LogP contribution in [0.4, 0.5) is 0 Å². The fourth-order valence-electron chi connectivity index (χ4n) is 8.79. The van der Waals surface area contributed by atoms with E-state index in [1.165, 1.54) is 84.9 Å². The summed E-state index contributed by atoms with van der Waals surface area (Å²) in [4.78, 5) is 53.5. The first-order valence-corrected chi connectivity index (χ1v) is 24.2. The molecule has 4 aliphatic heterocycles. The molecule has 12 N–H and O–H groups in total. The lowest BCUT2D eigenvalue weighted by molar-refractivity contribution is -0.421. The van der Waals surface area contributed by atoms with Crippen molar-refractivity contribution in [3.8, 4) is 11.5 Å². The molecule has 4 aliphatic rings. The van der Waals surface area contributed by atoms with Gasteiger partial charge in [-0.2, -0.15) is 0 Å². The van der Waals surface area contributed by atoms with Crippen LogP contribution in [0, 0.1) is 0 Å². The summed E-state index contributed by atoms with van der Waals surface area (Å²) in [6.45, 7) is -4.46. The van der Waals surface area contributed by atoms with E-state index in [1.807, 2.05) is 0 Å². The van der Waals surface area contributed by atoms with E-state index < -0.39 is 173 Å². The number of aliphatic hydroxyl groups is 10. The van der Waals surface area contributed by atoms with E-state index in [0.717, 1.165) is 19.1 Å². The van der Waals surface area contributed by atoms with Gasteiger partial charge in [-0.15, -0.1) is 0 Å². The number of carbonyl (C=O) groups is 4. The number of hydrogen-bond donors (Lipinski definition) is 12. The van der Waals surface area contributed by atoms with Crippen LogP contribution in [-0.2, 0) is 66.5 Å². The van der Waals surface area contributed by atoms with Gasteiger partial charge in [-0.25, -0.2) is 14.4 Å². The fourth-order valence-corrected chi connectivity index (χ4v) is 8.79. The quantitative estimate of drug-likeness (QED) is 0.0298. The molecular formula is C51H60O27. The van der Waals surface area contributed by atoms with Crippen molar-refractivity contribution in [2.75, 3.05) is 33.0 Å². The number of phenolic OH excluding ortho intramolecular Hbond substituents is 2. The maximum absolute atomic E-state index is 13.9. The summed E-state index contributed by atoms with van der Waals surface area (Å²) in [6.07, 6.45) is -32.6. The van der Waals surface area contributed by atoms with E-state index in [0.29, 0.717) is 11.1 Å². The van der Waals surface area contributed by atoms with Crippen molar-refractivity contribution < 1.29 is 133 Å². The number of benzene rings is 3. The Morgan fingerprint density at radius 2 is 1.05 bits per heavy atom. The normalized spacial score (nSPS) is 35.1. The van der Waals surface area contributed by atoms with E-state index in [1.54, 1.807) is 6.07 Å². The van der Waals surface area contributed by atoms with Crippen LogP contribution in [0.1, 0.15) is 28.4 Å². The molecule has 78 heavy (non-hydrogen) atoms. The summed E-state index contributed by atoms with van der Waals surface area (Å²) in [5, 5.41) is 129. The summed E-state index contributed by atoms with van der Waals surface area (Å²) in [7, 11) is 0. The highest BCUT2D eigenvalue weighted by Gasteiger charge is 2.64. The van der Waals surface area contributed by atoms with Gasteiger partial charge in [0.15, 0.2) is 37.2 Å². The molecule has 7 rings (SSSR count). The fraction of sp³-hybridized carbons (Fsp3) is 0.490. The minimum Gasteiger partial charge on any atom is -0.508 e. The van der Waals surface area contributed by atoms with Crippen LogP contribution in [-0.4, -0.2) is 234 Å². The molecule has 0 spiro atoms. The Balaban J connectivity index is 1.36. The van der Waals surface area contributed by atoms with Crippen molar-refractivity contribution in [1.82, 2.24) is 0 Å². The largest absolute Gasteiger partial charge is 0.508 e. The molecule has 19 unspecified atom stereocenters. The first-order valence-electron chi connectivity index (χ1n) is 24.2. The summed E-state index contributed by atoms with van der Waals surface area (Å²) in [5.41, 5.74) is 0.668. The Kier molecular flexibility index (Phi) is 20.4. The topological polar surface area (TPSA) is 413 Å². The Bertz CT molecular complexity index is 2510. The lowest BCUT2D eigenvalue weighted by Crippen LogP contribution is -2.69. The Morgan fingerprint density at radius 1 is 0.526 bits per heavy atom. The van der Waals surface area contributed by atoms with Crippen LogP contribution in [0.2, 0.25) is 0 Å². The number of ether oxygens (including phenoxy) is 11. The number of hydrogen-bond acceptors (Lipinski definition) is 27. The lowest BCUT2D eigenvalue weighted by Gasteiger charge is -2.50. The molecule has 0 bridgehead atoms. The zero-order valence-electron chi connectivity index (χ0n) is 41.2. The average molecular weight is 1110 g/mol. The summed E-state index contributed by atoms with van der Waals surface area (Å²) < 4.78 is 65.4. The van der Waals surface area contributed by atoms with E-state index >= 15 is 0 Å². The molecule has 19 atom stereocenters. The third kappa shape index (κ3) is 14.0. The molecule has 0 aromatic heterocycles. The van der Waals surface area contributed by atoms with Crippen molar-refractivity contribution in [3.63, 3.8) is 0 Å². The highest BCUT2D eigenvalue weighted by molar-refractivity contribution is 5.90. The molecule has 3 aromatic carbocycles. The molecule has 0 saturated carbocycles. The molecule has 4 saturated heterocycles. The predicted octanol–water partition coefficient (Wildman–Crippen LogP) is -3.37. The third-order valence-electron chi connectivity index (χ3n) is 12.8. The van der Waals surface area contributed by atoms with Crippen molar-refractivity contribution in [1.29, 1.82) is 0 Å². The second kappa shape index (κ2) is 26.7. The smallest absolute Gasteiger partial charge is 0.338 e. The maximum Gasteiger partial charge on any atom is 0.338 e. The molecule has 4 fully saturated rings. The van der Waals surface area contributed by atoms with Gasteiger partial charge in [-0.3, -0.25) is 4.79 Å². The van der Waals surface area contributed by atoms with Gasteiger partial charge in [0.1, 0.15) is 91.4 Å². The molecule has 27 heteroatoms. The van der Waals surface area contributed by atoms with Crippen LogP contribution in [0.5, 0.6) is 11.5 Å². The van der Waals surface area contributed by atoms with Crippen LogP contribution in [0.25, 0.3) is 12.2 Å². The van der Waals surface area contributed by atoms with Crippen LogP contribution >= 0.6 is 0 Å². The summed E-state index contributed by atoms with van der Waals surface area (Å²) in [6, 6.07) is 18.3. The molecule has 0 aliphatic carbocycles. The first kappa shape index (κ1) is 59.6. The van der Waals surface area contributed by atoms with Crippen LogP contribution in [0.3, 0.4) is 0 Å². The Labute approximate surface area is 443 Å². The van der Waals surface area contributed by atoms with Gasteiger partial charge >= 0.3 is 23.9 Å².